The summed E-state index contributed by atoms with van der Waals surface area (Å²) in [6, 6.07) is 7.52. The molecule has 0 aromatic heterocycles. The zero-order chi connectivity index (χ0) is 13.5. The average Bonchev–Trinajstić information content (AvgIpc) is 2.48. The largest absolute Gasteiger partial charge is 0.496 e. The van der Waals surface area contributed by atoms with Gasteiger partial charge in [-0.2, -0.15) is 5.26 Å². The van der Waals surface area contributed by atoms with Crippen molar-refractivity contribution in [1.82, 2.24) is 0 Å². The topological polar surface area (TPSA) is 51.5 Å². The highest BCUT2D eigenvalue weighted by molar-refractivity contribution is 5.41. The predicted molar refractivity (Wildman–Crippen MR) is 70.9 cm³/mol. The molecule has 0 radical (unpaired) electrons. The minimum Gasteiger partial charge on any atom is -0.496 e. The van der Waals surface area contributed by atoms with Crippen LogP contribution in [0.25, 0.3) is 0 Å². The first kappa shape index (κ1) is 13.9. The van der Waals surface area contributed by atoms with Crippen molar-refractivity contribution < 1.29 is 14.2 Å². The normalized spacial score (nSPS) is 16.0. The van der Waals surface area contributed by atoms with Gasteiger partial charge in [0.25, 0.3) is 0 Å². The number of methoxy groups -OCH3 is 1. The van der Waals surface area contributed by atoms with Crippen LogP contribution < -0.4 is 4.74 Å². The van der Waals surface area contributed by atoms with E-state index in [0.29, 0.717) is 18.1 Å². The average molecular weight is 261 g/mol. The molecule has 1 heterocycles. The molecule has 19 heavy (non-hydrogen) atoms. The highest BCUT2D eigenvalue weighted by atomic mass is 16.5. The lowest BCUT2D eigenvalue weighted by atomic mass is 10.0. The number of hydrogen-bond acceptors (Lipinski definition) is 4. The highest BCUT2D eigenvalue weighted by Gasteiger charge is 2.14. The summed E-state index contributed by atoms with van der Waals surface area (Å²) in [4.78, 5) is 0. The standard InChI is InChI=1S/C15H19NO3/c1-17-15-3-2-13(9-16)8-14(15)11-19-10-12-4-6-18-7-5-12/h2-3,8,12H,4-7,10-11H2,1H3. The van der Waals surface area contributed by atoms with Crippen molar-refractivity contribution in [3.8, 4) is 11.8 Å². The van der Waals surface area contributed by atoms with Crippen molar-refractivity contribution in [2.24, 2.45) is 5.92 Å². The Morgan fingerprint density at radius 3 is 2.84 bits per heavy atom. The Kier molecular flexibility index (Phi) is 5.20. The minimum absolute atomic E-state index is 0.482. The molecular weight excluding hydrogens is 242 g/mol. The van der Waals surface area contributed by atoms with Gasteiger partial charge in [0.2, 0.25) is 0 Å². The van der Waals surface area contributed by atoms with Gasteiger partial charge in [0.15, 0.2) is 0 Å². The van der Waals surface area contributed by atoms with E-state index in [1.807, 2.05) is 12.1 Å². The van der Waals surface area contributed by atoms with Crippen LogP contribution >= 0.6 is 0 Å². The molecule has 4 heteroatoms. The van der Waals surface area contributed by atoms with Crippen LogP contribution in [0.5, 0.6) is 5.75 Å². The van der Waals surface area contributed by atoms with Gasteiger partial charge in [0.05, 0.1) is 32.0 Å². The van der Waals surface area contributed by atoms with Crippen molar-refractivity contribution >= 4 is 0 Å². The molecule has 0 spiro atoms. The van der Waals surface area contributed by atoms with E-state index in [1.165, 1.54) is 0 Å². The second kappa shape index (κ2) is 7.13. The zero-order valence-corrected chi connectivity index (χ0v) is 11.2. The first-order valence-electron chi connectivity index (χ1n) is 6.56. The van der Waals surface area contributed by atoms with E-state index in [0.717, 1.165) is 44.0 Å². The second-order valence-electron chi connectivity index (χ2n) is 4.71. The molecule has 1 saturated heterocycles. The van der Waals surface area contributed by atoms with Crippen LogP contribution in [-0.4, -0.2) is 26.9 Å². The summed E-state index contributed by atoms with van der Waals surface area (Å²) in [6.45, 7) is 2.89. The third-order valence-corrected chi connectivity index (χ3v) is 3.36. The van der Waals surface area contributed by atoms with Crippen molar-refractivity contribution in [3.05, 3.63) is 29.3 Å². The van der Waals surface area contributed by atoms with Gasteiger partial charge in [0.1, 0.15) is 5.75 Å². The number of nitriles is 1. The fourth-order valence-electron chi connectivity index (χ4n) is 2.21. The molecule has 0 N–H and O–H groups in total. The smallest absolute Gasteiger partial charge is 0.124 e. The van der Waals surface area contributed by atoms with Crippen LogP contribution in [0.2, 0.25) is 0 Å². The minimum atomic E-state index is 0.482. The molecule has 0 atom stereocenters. The Bertz CT molecular complexity index is 447. The molecule has 102 valence electrons. The lowest BCUT2D eigenvalue weighted by Crippen LogP contribution is -2.20. The predicted octanol–water partition coefficient (Wildman–Crippen LogP) is 2.51. The number of benzene rings is 1. The Morgan fingerprint density at radius 2 is 2.16 bits per heavy atom. The first-order valence-corrected chi connectivity index (χ1v) is 6.56. The molecule has 2 rings (SSSR count). The number of hydrogen-bond donors (Lipinski definition) is 0. The third-order valence-electron chi connectivity index (χ3n) is 3.36. The number of nitrogens with zero attached hydrogens (tertiary/aromatic N) is 1. The van der Waals surface area contributed by atoms with Gasteiger partial charge in [-0.05, 0) is 37.0 Å². The lowest BCUT2D eigenvalue weighted by molar-refractivity contribution is 0.0153. The molecule has 0 aliphatic carbocycles. The van der Waals surface area contributed by atoms with Gasteiger partial charge >= 0.3 is 0 Å². The molecular formula is C15H19NO3. The molecule has 0 unspecified atom stereocenters. The van der Waals surface area contributed by atoms with Gasteiger partial charge in [-0.25, -0.2) is 0 Å². The summed E-state index contributed by atoms with van der Waals surface area (Å²) in [6.07, 6.45) is 2.13. The van der Waals surface area contributed by atoms with Crippen LogP contribution in [0.1, 0.15) is 24.0 Å². The van der Waals surface area contributed by atoms with Crippen LogP contribution in [0, 0.1) is 17.2 Å². The summed E-state index contributed by atoms with van der Waals surface area (Å²) in [7, 11) is 1.63. The molecule has 1 aliphatic heterocycles. The fourth-order valence-corrected chi connectivity index (χ4v) is 2.21. The maximum atomic E-state index is 8.91. The summed E-state index contributed by atoms with van der Waals surface area (Å²) >= 11 is 0. The summed E-state index contributed by atoms with van der Waals surface area (Å²) in [5.41, 5.74) is 1.55. The van der Waals surface area contributed by atoms with E-state index < -0.39 is 0 Å². The molecule has 0 bridgehead atoms. The van der Waals surface area contributed by atoms with Crippen LogP contribution in [-0.2, 0) is 16.1 Å². The van der Waals surface area contributed by atoms with Gasteiger partial charge in [-0.15, -0.1) is 0 Å². The fraction of sp³-hybridized carbons (Fsp3) is 0.533. The van der Waals surface area contributed by atoms with Gasteiger partial charge in [-0.1, -0.05) is 0 Å². The molecule has 0 amide bonds. The highest BCUT2D eigenvalue weighted by Crippen LogP contribution is 2.22. The maximum absolute atomic E-state index is 8.91. The Hall–Kier alpha value is -1.57. The zero-order valence-electron chi connectivity index (χ0n) is 11.2. The Labute approximate surface area is 113 Å². The third kappa shape index (κ3) is 3.95. The van der Waals surface area contributed by atoms with Crippen molar-refractivity contribution in [1.29, 1.82) is 5.26 Å². The van der Waals surface area contributed by atoms with E-state index in [-0.39, 0.29) is 0 Å². The summed E-state index contributed by atoms with van der Waals surface area (Å²) in [5.74, 6) is 1.35. The molecule has 0 saturated carbocycles. The molecule has 4 nitrogen and oxygen atoms in total. The van der Waals surface area contributed by atoms with E-state index in [2.05, 4.69) is 6.07 Å². The SMILES string of the molecule is COc1ccc(C#N)cc1COCC1CCOCC1. The van der Waals surface area contributed by atoms with E-state index >= 15 is 0 Å². The maximum Gasteiger partial charge on any atom is 0.124 e. The van der Waals surface area contributed by atoms with Crippen molar-refractivity contribution in [2.45, 2.75) is 19.4 Å². The molecule has 1 aromatic carbocycles. The molecule has 1 aromatic rings. The molecule has 1 fully saturated rings. The Balaban J connectivity index is 1.89. The van der Waals surface area contributed by atoms with E-state index in [4.69, 9.17) is 19.5 Å². The van der Waals surface area contributed by atoms with Gasteiger partial charge in [-0.3, -0.25) is 0 Å². The molecule has 1 aliphatic rings. The second-order valence-corrected chi connectivity index (χ2v) is 4.71. The van der Waals surface area contributed by atoms with Crippen LogP contribution in [0.4, 0.5) is 0 Å². The first-order chi connectivity index (χ1) is 9.33. The number of rotatable bonds is 5. The van der Waals surface area contributed by atoms with E-state index in [9.17, 15) is 0 Å². The van der Waals surface area contributed by atoms with E-state index in [1.54, 1.807) is 13.2 Å². The summed E-state index contributed by atoms with van der Waals surface area (Å²) < 4.78 is 16.4. The van der Waals surface area contributed by atoms with Crippen molar-refractivity contribution in [3.63, 3.8) is 0 Å². The summed E-state index contributed by atoms with van der Waals surface area (Å²) in [5, 5.41) is 8.91. The Morgan fingerprint density at radius 1 is 1.37 bits per heavy atom. The van der Waals surface area contributed by atoms with Crippen LogP contribution in [0.15, 0.2) is 18.2 Å². The van der Waals surface area contributed by atoms with Crippen LogP contribution in [0.3, 0.4) is 0 Å². The monoisotopic (exact) mass is 261 g/mol. The van der Waals surface area contributed by atoms with Crippen molar-refractivity contribution in [2.75, 3.05) is 26.9 Å². The van der Waals surface area contributed by atoms with Gasteiger partial charge in [0, 0.05) is 18.8 Å². The van der Waals surface area contributed by atoms with Gasteiger partial charge < -0.3 is 14.2 Å². The quantitative estimate of drug-likeness (QED) is 0.817. The lowest BCUT2D eigenvalue weighted by Gasteiger charge is -2.22. The number of ether oxygens (including phenoxy) is 3.